The van der Waals surface area contributed by atoms with Gasteiger partial charge in [-0.15, -0.1) is 0 Å². The first-order valence-electron chi connectivity index (χ1n) is 6.68. The van der Waals surface area contributed by atoms with E-state index in [1.165, 1.54) is 6.07 Å². The van der Waals surface area contributed by atoms with Gasteiger partial charge in [0, 0.05) is 13.1 Å². The fourth-order valence-corrected chi connectivity index (χ4v) is 2.19. The van der Waals surface area contributed by atoms with Crippen LogP contribution in [-0.4, -0.2) is 47.5 Å². The molecule has 0 radical (unpaired) electrons. The molecule has 1 saturated heterocycles. The molecule has 1 aliphatic heterocycles. The van der Waals surface area contributed by atoms with Gasteiger partial charge in [0.2, 0.25) is 0 Å². The molecule has 1 atom stereocenters. The smallest absolute Gasteiger partial charge is 0.270 e. The summed E-state index contributed by atoms with van der Waals surface area (Å²) in [6.45, 7) is 7.89. The zero-order valence-electron chi connectivity index (χ0n) is 12.1. The maximum absolute atomic E-state index is 12.4. The number of rotatable bonds is 2. The summed E-state index contributed by atoms with van der Waals surface area (Å²) in [4.78, 5) is 27.9. The van der Waals surface area contributed by atoms with Gasteiger partial charge in [-0.2, -0.15) is 0 Å². The number of carbonyl (C=O) groups excluding carboxylic acids is 2. The molecule has 1 aliphatic rings. The Hall–Kier alpha value is -1.82. The quantitative estimate of drug-likeness (QED) is 0.846. The van der Waals surface area contributed by atoms with E-state index in [9.17, 15) is 9.59 Å². The van der Waals surface area contributed by atoms with Gasteiger partial charge in [0.1, 0.15) is 11.4 Å². The van der Waals surface area contributed by atoms with Gasteiger partial charge in [-0.3, -0.25) is 9.59 Å². The normalized spacial score (nSPS) is 19.9. The summed E-state index contributed by atoms with van der Waals surface area (Å²) < 4.78 is 5.72. The second kappa shape index (κ2) is 5.28. The Morgan fingerprint density at radius 1 is 1.35 bits per heavy atom. The van der Waals surface area contributed by atoms with Gasteiger partial charge < -0.3 is 20.4 Å². The molecule has 6 heteroatoms. The molecule has 0 saturated carbocycles. The van der Waals surface area contributed by atoms with Crippen LogP contribution in [-0.2, 0) is 4.74 Å². The number of nitrogens with zero attached hydrogens (tertiary/aromatic N) is 1. The highest BCUT2D eigenvalue weighted by molar-refractivity contribution is 5.96. The second-order valence-electron chi connectivity index (χ2n) is 6.13. The van der Waals surface area contributed by atoms with Crippen molar-refractivity contribution in [3.63, 3.8) is 0 Å². The van der Waals surface area contributed by atoms with Crippen molar-refractivity contribution in [2.45, 2.75) is 26.9 Å². The lowest BCUT2D eigenvalue weighted by atomic mass is 9.88. The third kappa shape index (κ3) is 3.01. The van der Waals surface area contributed by atoms with Crippen molar-refractivity contribution in [2.75, 3.05) is 19.7 Å². The average Bonchev–Trinajstić information content (AvgIpc) is 2.87. The van der Waals surface area contributed by atoms with Gasteiger partial charge in [-0.1, -0.05) is 20.8 Å². The lowest BCUT2D eigenvalue weighted by Gasteiger charge is -2.39. The van der Waals surface area contributed by atoms with Gasteiger partial charge in [-0.25, -0.2) is 0 Å². The molecule has 0 aliphatic carbocycles. The Bertz CT molecular complexity index is 516. The van der Waals surface area contributed by atoms with Crippen LogP contribution in [0.3, 0.4) is 0 Å². The molecule has 1 fully saturated rings. The fourth-order valence-electron chi connectivity index (χ4n) is 2.19. The lowest BCUT2D eigenvalue weighted by Crippen LogP contribution is -2.50. The molecule has 1 aromatic heterocycles. The second-order valence-corrected chi connectivity index (χ2v) is 6.13. The number of nitrogens with two attached hydrogens (primary N) is 1. The highest BCUT2D eigenvalue weighted by Gasteiger charge is 2.33. The van der Waals surface area contributed by atoms with Crippen molar-refractivity contribution in [1.82, 2.24) is 9.88 Å². The number of H-pyrrole nitrogens is 1. The SMILES string of the molecule is CC(C)(C)[C@H]1CN(C(=O)c2ccc(C(N)=O)[nH]2)CCO1. The maximum atomic E-state index is 12.4. The number of nitrogens with one attached hydrogen (secondary N) is 1. The van der Waals surface area contributed by atoms with E-state index in [4.69, 9.17) is 10.5 Å². The summed E-state index contributed by atoms with van der Waals surface area (Å²) in [5.41, 5.74) is 5.78. The maximum Gasteiger partial charge on any atom is 0.270 e. The van der Waals surface area contributed by atoms with Crippen LogP contribution >= 0.6 is 0 Å². The molecular formula is C14H21N3O3. The molecule has 20 heavy (non-hydrogen) atoms. The summed E-state index contributed by atoms with van der Waals surface area (Å²) in [7, 11) is 0. The minimum atomic E-state index is -0.571. The van der Waals surface area contributed by atoms with Gasteiger partial charge in [0.05, 0.1) is 12.7 Å². The topological polar surface area (TPSA) is 88.4 Å². The lowest BCUT2D eigenvalue weighted by molar-refractivity contribution is -0.0707. The van der Waals surface area contributed by atoms with Gasteiger partial charge in [0.15, 0.2) is 0 Å². The van der Waals surface area contributed by atoms with E-state index >= 15 is 0 Å². The number of hydrogen-bond donors (Lipinski definition) is 2. The summed E-state index contributed by atoms with van der Waals surface area (Å²) in [6.07, 6.45) is 0.00535. The summed E-state index contributed by atoms with van der Waals surface area (Å²) in [6, 6.07) is 3.11. The van der Waals surface area contributed by atoms with Crippen LogP contribution in [0.1, 0.15) is 41.7 Å². The van der Waals surface area contributed by atoms with Gasteiger partial charge in [-0.05, 0) is 17.5 Å². The molecule has 6 nitrogen and oxygen atoms in total. The van der Waals surface area contributed by atoms with Crippen LogP contribution in [0, 0.1) is 5.41 Å². The first kappa shape index (κ1) is 14.6. The van der Waals surface area contributed by atoms with Crippen molar-refractivity contribution in [2.24, 2.45) is 11.1 Å². The Morgan fingerprint density at radius 2 is 2.00 bits per heavy atom. The molecule has 0 spiro atoms. The molecule has 2 rings (SSSR count). The van der Waals surface area contributed by atoms with Crippen molar-refractivity contribution >= 4 is 11.8 Å². The van der Waals surface area contributed by atoms with E-state index in [0.29, 0.717) is 25.4 Å². The molecule has 3 N–H and O–H groups in total. The summed E-state index contributed by atoms with van der Waals surface area (Å²) in [5, 5.41) is 0. The van der Waals surface area contributed by atoms with Crippen molar-refractivity contribution in [3.05, 3.63) is 23.5 Å². The Labute approximate surface area is 118 Å². The molecule has 2 amide bonds. The largest absolute Gasteiger partial charge is 0.374 e. The van der Waals surface area contributed by atoms with Crippen LogP contribution < -0.4 is 5.73 Å². The van der Waals surface area contributed by atoms with Gasteiger partial charge in [0.25, 0.3) is 11.8 Å². The average molecular weight is 279 g/mol. The fraction of sp³-hybridized carbons (Fsp3) is 0.571. The Balaban J connectivity index is 2.10. The first-order chi connectivity index (χ1) is 9.29. The van der Waals surface area contributed by atoms with Crippen LogP contribution in [0.2, 0.25) is 0 Å². The predicted molar refractivity (Wildman–Crippen MR) is 74.4 cm³/mol. The van der Waals surface area contributed by atoms with E-state index < -0.39 is 5.91 Å². The number of ether oxygens (including phenoxy) is 1. The number of amides is 2. The monoisotopic (exact) mass is 279 g/mol. The van der Waals surface area contributed by atoms with E-state index in [0.717, 1.165) is 0 Å². The third-order valence-electron chi connectivity index (χ3n) is 3.50. The number of primary amides is 1. The number of hydrogen-bond acceptors (Lipinski definition) is 3. The Morgan fingerprint density at radius 3 is 2.55 bits per heavy atom. The zero-order chi connectivity index (χ0) is 14.9. The summed E-state index contributed by atoms with van der Waals surface area (Å²) in [5.74, 6) is -0.700. The van der Waals surface area contributed by atoms with Crippen molar-refractivity contribution in [1.29, 1.82) is 0 Å². The molecule has 110 valence electrons. The molecule has 1 aromatic rings. The molecular weight excluding hydrogens is 258 g/mol. The minimum Gasteiger partial charge on any atom is -0.374 e. The molecule has 0 bridgehead atoms. The number of morpholine rings is 1. The van der Waals surface area contributed by atoms with E-state index in [-0.39, 0.29) is 23.1 Å². The van der Waals surface area contributed by atoms with Crippen LogP contribution in [0.4, 0.5) is 0 Å². The molecule has 0 aromatic carbocycles. The number of carbonyl (C=O) groups is 2. The van der Waals surface area contributed by atoms with Crippen LogP contribution in [0.25, 0.3) is 0 Å². The highest BCUT2D eigenvalue weighted by Crippen LogP contribution is 2.25. The van der Waals surface area contributed by atoms with Crippen LogP contribution in [0.15, 0.2) is 12.1 Å². The van der Waals surface area contributed by atoms with E-state index in [1.807, 2.05) is 0 Å². The number of aromatic amines is 1. The third-order valence-corrected chi connectivity index (χ3v) is 3.50. The van der Waals surface area contributed by atoms with Crippen molar-refractivity contribution < 1.29 is 14.3 Å². The zero-order valence-corrected chi connectivity index (χ0v) is 12.1. The predicted octanol–water partition coefficient (Wildman–Crippen LogP) is 1.00. The minimum absolute atomic E-state index is 0.00535. The van der Waals surface area contributed by atoms with E-state index in [1.54, 1.807) is 11.0 Å². The first-order valence-corrected chi connectivity index (χ1v) is 6.68. The van der Waals surface area contributed by atoms with Crippen molar-refractivity contribution in [3.8, 4) is 0 Å². The Kier molecular flexibility index (Phi) is 3.85. The van der Waals surface area contributed by atoms with Crippen LogP contribution in [0.5, 0.6) is 0 Å². The van der Waals surface area contributed by atoms with E-state index in [2.05, 4.69) is 25.8 Å². The van der Waals surface area contributed by atoms with Gasteiger partial charge >= 0.3 is 0 Å². The number of aromatic nitrogens is 1. The molecule has 0 unspecified atom stereocenters. The molecule has 2 heterocycles. The standard InChI is InChI=1S/C14H21N3O3/c1-14(2,3)11-8-17(6-7-20-11)13(19)10-5-4-9(16-10)12(15)18/h4-5,11,16H,6-8H2,1-3H3,(H2,15,18)/t11-/m1/s1. The highest BCUT2D eigenvalue weighted by atomic mass is 16.5. The summed E-state index contributed by atoms with van der Waals surface area (Å²) >= 11 is 0.